The van der Waals surface area contributed by atoms with Gasteiger partial charge in [-0.2, -0.15) is 21.0 Å². The summed E-state index contributed by atoms with van der Waals surface area (Å²) in [6, 6.07) is 8.41. The van der Waals surface area contributed by atoms with Crippen LogP contribution in [-0.4, -0.2) is 23.0 Å². The fourth-order valence-corrected chi connectivity index (χ4v) is 5.42. The lowest BCUT2D eigenvalue weighted by atomic mass is 10.5. The molecular weight excluding hydrogens is 352 g/mol. The summed E-state index contributed by atoms with van der Waals surface area (Å²) in [4.78, 5) is 1.93. The minimum Gasteiger partial charge on any atom is -0.192 e. The lowest BCUT2D eigenvalue weighted by molar-refractivity contribution is 1.13. The molecule has 0 unspecified atom stereocenters. The first-order chi connectivity index (χ1) is 10.8. The highest BCUT2D eigenvalue weighted by molar-refractivity contribution is 8.08. The van der Waals surface area contributed by atoms with Gasteiger partial charge in [-0.15, -0.1) is 47.0 Å². The molecule has 0 aromatic heterocycles. The number of nitrogens with zero attached hydrogens (tertiary/aromatic N) is 4. The quantitative estimate of drug-likeness (QED) is 0.630. The van der Waals surface area contributed by atoms with E-state index in [4.69, 9.17) is 21.0 Å². The molecule has 0 saturated heterocycles. The second kappa shape index (κ2) is 11.4. The first kappa shape index (κ1) is 18.9. The van der Waals surface area contributed by atoms with E-state index < -0.39 is 0 Å². The molecule has 0 radical (unpaired) electrons. The summed E-state index contributed by atoms with van der Waals surface area (Å²) in [5, 5.41) is 36.6. The van der Waals surface area contributed by atoms with Gasteiger partial charge in [0.1, 0.15) is 43.9 Å². The van der Waals surface area contributed by atoms with Crippen LogP contribution in [0, 0.1) is 45.3 Å². The van der Waals surface area contributed by atoms with Crippen LogP contribution in [0.2, 0.25) is 0 Å². The normalized spacial score (nSPS) is 24.9. The molecule has 0 bridgehead atoms. The van der Waals surface area contributed by atoms with Gasteiger partial charge in [0.05, 0.1) is 0 Å². The van der Waals surface area contributed by atoms with E-state index in [-0.39, 0.29) is 0 Å². The first-order valence-corrected chi connectivity index (χ1v) is 10.3. The first-order valence-electron chi connectivity index (χ1n) is 6.37. The molecule has 4 nitrogen and oxygen atoms in total. The Hall–Kier alpha value is -1.16. The SMILES string of the molecule is N#C/C1=C(\C#N)SCCCS/C(C#N)=C(/C#N)SCCCS1. The van der Waals surface area contributed by atoms with Crippen molar-refractivity contribution in [3.05, 3.63) is 19.6 Å². The van der Waals surface area contributed by atoms with Crippen molar-refractivity contribution in [3.8, 4) is 24.3 Å². The van der Waals surface area contributed by atoms with E-state index in [1.807, 2.05) is 0 Å². The predicted octanol–water partition coefficient (Wildman–Crippen LogP) is 4.23. The molecule has 1 rings (SSSR count). The van der Waals surface area contributed by atoms with E-state index in [1.165, 1.54) is 47.0 Å². The minimum absolute atomic E-state index is 0.482. The second-order valence-electron chi connectivity index (χ2n) is 3.86. The third-order valence-electron chi connectivity index (χ3n) is 2.38. The Balaban J connectivity index is 2.83. The Bertz CT molecular complexity index is 517. The topological polar surface area (TPSA) is 95.2 Å². The van der Waals surface area contributed by atoms with Crippen LogP contribution in [0.15, 0.2) is 19.6 Å². The zero-order chi connectivity index (χ0) is 16.2. The molecule has 0 aromatic rings. The van der Waals surface area contributed by atoms with Crippen molar-refractivity contribution in [3.63, 3.8) is 0 Å². The number of allylic oxidation sites excluding steroid dienone is 4. The number of hydrogen-bond acceptors (Lipinski definition) is 8. The zero-order valence-electron chi connectivity index (χ0n) is 11.7. The van der Waals surface area contributed by atoms with E-state index in [2.05, 4.69) is 24.3 Å². The summed E-state index contributed by atoms with van der Waals surface area (Å²) >= 11 is 5.56. The van der Waals surface area contributed by atoms with E-state index in [9.17, 15) is 0 Å². The fraction of sp³-hybridized carbons (Fsp3) is 0.429. The summed E-state index contributed by atoms with van der Waals surface area (Å²) in [7, 11) is 0. The minimum atomic E-state index is 0.482. The second-order valence-corrected chi connectivity index (χ2v) is 8.29. The third kappa shape index (κ3) is 6.30. The lowest BCUT2D eigenvalue weighted by Crippen LogP contribution is -1.92. The number of thioether (sulfide) groups is 4. The molecule has 0 fully saturated rings. The van der Waals surface area contributed by atoms with Crippen LogP contribution in [0.4, 0.5) is 0 Å². The van der Waals surface area contributed by atoms with Crippen molar-refractivity contribution < 1.29 is 0 Å². The number of nitriles is 4. The van der Waals surface area contributed by atoms with Gasteiger partial charge >= 0.3 is 0 Å². The van der Waals surface area contributed by atoms with E-state index in [0.717, 1.165) is 35.9 Å². The van der Waals surface area contributed by atoms with Gasteiger partial charge in [0.25, 0.3) is 0 Å². The van der Waals surface area contributed by atoms with Gasteiger partial charge < -0.3 is 0 Å². The summed E-state index contributed by atoms with van der Waals surface area (Å²) in [5.41, 5.74) is 0. The van der Waals surface area contributed by atoms with Crippen molar-refractivity contribution in [1.82, 2.24) is 0 Å². The van der Waals surface area contributed by atoms with E-state index in [0.29, 0.717) is 19.6 Å². The van der Waals surface area contributed by atoms with Gasteiger partial charge in [-0.1, -0.05) is 0 Å². The van der Waals surface area contributed by atoms with E-state index in [1.54, 1.807) is 0 Å². The van der Waals surface area contributed by atoms with Crippen LogP contribution in [-0.2, 0) is 0 Å². The maximum atomic E-state index is 9.16. The smallest absolute Gasteiger partial charge is 0.109 e. The largest absolute Gasteiger partial charge is 0.192 e. The monoisotopic (exact) mass is 364 g/mol. The molecule has 0 atom stereocenters. The van der Waals surface area contributed by atoms with Gasteiger partial charge in [-0.05, 0) is 35.9 Å². The third-order valence-corrected chi connectivity index (χ3v) is 6.95. The van der Waals surface area contributed by atoms with Gasteiger partial charge in [0, 0.05) is 0 Å². The summed E-state index contributed by atoms with van der Waals surface area (Å²) in [6.07, 6.45) is 1.61. The molecule has 1 aliphatic rings. The van der Waals surface area contributed by atoms with Gasteiger partial charge in [-0.25, -0.2) is 0 Å². The molecule has 0 aliphatic carbocycles. The van der Waals surface area contributed by atoms with Gasteiger partial charge in [-0.3, -0.25) is 0 Å². The molecule has 112 valence electrons. The van der Waals surface area contributed by atoms with E-state index >= 15 is 0 Å². The lowest BCUT2D eigenvalue weighted by Gasteiger charge is -2.07. The van der Waals surface area contributed by atoms with Crippen LogP contribution < -0.4 is 0 Å². The van der Waals surface area contributed by atoms with Crippen molar-refractivity contribution in [2.45, 2.75) is 12.8 Å². The fourth-order valence-electron chi connectivity index (χ4n) is 1.41. The molecule has 8 heteroatoms. The Kier molecular flexibility index (Phi) is 9.80. The molecule has 0 spiro atoms. The maximum absolute atomic E-state index is 9.16. The Morgan fingerprint density at radius 1 is 0.500 bits per heavy atom. The Morgan fingerprint density at radius 3 is 0.909 bits per heavy atom. The van der Waals surface area contributed by atoms with Crippen LogP contribution in [0.3, 0.4) is 0 Å². The molecule has 1 heterocycles. The van der Waals surface area contributed by atoms with Crippen molar-refractivity contribution >= 4 is 47.0 Å². The Labute approximate surface area is 147 Å². The molecular formula is C14H12N4S4. The maximum Gasteiger partial charge on any atom is 0.109 e. The Morgan fingerprint density at radius 2 is 0.727 bits per heavy atom. The highest BCUT2D eigenvalue weighted by Crippen LogP contribution is 2.32. The average Bonchev–Trinajstić information content (AvgIpc) is 2.55. The standard InChI is InChI=1S/C14H12N4S4/c15-7-11-13(9-17)21-5-2-6-22-14(10-18)12(8-16)20-4-1-3-19-11/h1-6H2/b13-11-,14-12-. The van der Waals surface area contributed by atoms with Crippen molar-refractivity contribution in [2.75, 3.05) is 23.0 Å². The van der Waals surface area contributed by atoms with Crippen LogP contribution in [0.5, 0.6) is 0 Å². The average molecular weight is 365 g/mol. The molecule has 1 aliphatic heterocycles. The zero-order valence-corrected chi connectivity index (χ0v) is 14.9. The van der Waals surface area contributed by atoms with Gasteiger partial charge in [0.15, 0.2) is 0 Å². The number of rotatable bonds is 0. The highest BCUT2D eigenvalue weighted by Gasteiger charge is 2.11. The van der Waals surface area contributed by atoms with Gasteiger partial charge in [0.2, 0.25) is 0 Å². The summed E-state index contributed by atoms with van der Waals surface area (Å²) < 4.78 is 0. The van der Waals surface area contributed by atoms with Crippen LogP contribution in [0.1, 0.15) is 12.8 Å². The van der Waals surface area contributed by atoms with Crippen LogP contribution in [0.25, 0.3) is 0 Å². The summed E-state index contributed by atoms with van der Waals surface area (Å²) in [5.74, 6) is 2.87. The number of hydrogen-bond donors (Lipinski definition) is 0. The molecule has 0 saturated carbocycles. The van der Waals surface area contributed by atoms with Crippen molar-refractivity contribution in [2.24, 2.45) is 0 Å². The molecule has 0 aromatic carbocycles. The summed E-state index contributed by atoms with van der Waals surface area (Å²) in [6.45, 7) is 0. The predicted molar refractivity (Wildman–Crippen MR) is 95.6 cm³/mol. The van der Waals surface area contributed by atoms with Crippen LogP contribution >= 0.6 is 47.0 Å². The molecule has 0 amide bonds. The molecule has 22 heavy (non-hydrogen) atoms. The highest BCUT2D eigenvalue weighted by atomic mass is 32.2. The molecule has 0 N–H and O–H groups in total. The van der Waals surface area contributed by atoms with Crippen molar-refractivity contribution in [1.29, 1.82) is 21.0 Å².